The number of hydrogen-bond acceptors (Lipinski definition) is 6. The van der Waals surface area contributed by atoms with Gasteiger partial charge in [0, 0.05) is 36.2 Å². The molecule has 0 unspecified atom stereocenters. The molecule has 3 N–H and O–H groups in total. The van der Waals surface area contributed by atoms with E-state index in [4.69, 9.17) is 10.5 Å². The van der Waals surface area contributed by atoms with Gasteiger partial charge in [0.15, 0.2) is 0 Å². The minimum absolute atomic E-state index is 0.225. The molecule has 0 radical (unpaired) electrons. The van der Waals surface area contributed by atoms with Gasteiger partial charge in [0.2, 0.25) is 0 Å². The van der Waals surface area contributed by atoms with E-state index in [0.717, 1.165) is 28.0 Å². The van der Waals surface area contributed by atoms with Crippen molar-refractivity contribution in [2.45, 2.75) is 32.9 Å². The van der Waals surface area contributed by atoms with Crippen molar-refractivity contribution in [1.29, 1.82) is 0 Å². The smallest absolute Gasteiger partial charge is 0.410 e. The van der Waals surface area contributed by atoms with Gasteiger partial charge in [-0.25, -0.2) is 9.79 Å². The number of benzene rings is 2. The molecule has 0 fully saturated rings. The summed E-state index contributed by atoms with van der Waals surface area (Å²) in [4.78, 5) is 36.2. The Morgan fingerprint density at radius 2 is 1.97 bits per heavy atom. The molecule has 8 heteroatoms. The minimum Gasteiger partial charge on any atom is -0.445 e. The number of rotatable bonds is 4. The highest BCUT2D eigenvalue weighted by Crippen LogP contribution is 2.28. The summed E-state index contributed by atoms with van der Waals surface area (Å²) < 4.78 is 5.48. The number of nitrogens with zero attached hydrogens (tertiary/aromatic N) is 3. The Balaban J connectivity index is 1.26. The molecule has 2 amide bonds. The van der Waals surface area contributed by atoms with Crippen LogP contribution in [0.3, 0.4) is 0 Å². The highest BCUT2D eigenvalue weighted by molar-refractivity contribution is 6.05. The third-order valence-electron chi connectivity index (χ3n) is 6.18. The predicted octanol–water partition coefficient (Wildman–Crippen LogP) is 4.82. The van der Waals surface area contributed by atoms with Crippen molar-refractivity contribution in [2.24, 2.45) is 10.7 Å². The van der Waals surface area contributed by atoms with Crippen LogP contribution in [0.5, 0.6) is 0 Å². The van der Waals surface area contributed by atoms with Gasteiger partial charge in [-0.05, 0) is 36.2 Å². The molecule has 36 heavy (non-hydrogen) atoms. The van der Waals surface area contributed by atoms with Crippen LogP contribution in [-0.4, -0.2) is 34.3 Å². The van der Waals surface area contributed by atoms with Crippen LogP contribution < -0.4 is 11.1 Å². The third-order valence-corrected chi connectivity index (χ3v) is 6.18. The van der Waals surface area contributed by atoms with Crippen molar-refractivity contribution >= 4 is 35.3 Å². The van der Waals surface area contributed by atoms with Crippen LogP contribution in [0.15, 0.2) is 71.4 Å². The number of amides is 2. The molecule has 0 saturated carbocycles. The third kappa shape index (κ3) is 5.27. The maximum atomic E-state index is 13.0. The van der Waals surface area contributed by atoms with Crippen LogP contribution in [-0.2, 0) is 24.3 Å². The summed E-state index contributed by atoms with van der Waals surface area (Å²) in [6.07, 6.45) is 4.54. The number of nitrogens with one attached hydrogen (secondary N) is 1. The fourth-order valence-electron chi connectivity index (χ4n) is 4.36. The standard InChI is InChI=1S/C28H27N5O3/c1-18-11-20-7-8-21(14-25(20)32-26(29)12-18)27(34)31-23-13-22-16-33(10-9-24(22)30-15-23)28(35)36-17-19-5-3-2-4-6-19/h2-8,11,13-15H,9-10,12,16-17H2,1H3,(H2,29,32)(H,31,34). The highest BCUT2D eigenvalue weighted by atomic mass is 16.6. The zero-order valence-corrected chi connectivity index (χ0v) is 20.0. The number of hydrogen-bond donors (Lipinski definition) is 2. The number of nitrogens with two attached hydrogens (primary N) is 1. The number of carbonyl (C=O) groups excluding carboxylic acids is 2. The SMILES string of the molecule is CC1=Cc2ccc(C(=O)Nc3cnc4c(c3)CN(C(=O)OCc3ccccc3)CC4)cc2N=C(N)C1. The molecule has 2 aliphatic rings. The maximum absolute atomic E-state index is 13.0. The van der Waals surface area contributed by atoms with Crippen LogP contribution in [0.25, 0.3) is 6.08 Å². The normalized spacial score (nSPS) is 14.5. The number of ether oxygens (including phenoxy) is 1. The molecule has 2 aromatic carbocycles. The van der Waals surface area contributed by atoms with E-state index in [1.807, 2.05) is 55.5 Å². The van der Waals surface area contributed by atoms with Gasteiger partial charge in [0.25, 0.3) is 5.91 Å². The van der Waals surface area contributed by atoms with Crippen molar-refractivity contribution in [3.63, 3.8) is 0 Å². The molecule has 3 aromatic rings. The zero-order valence-electron chi connectivity index (χ0n) is 20.0. The summed E-state index contributed by atoms with van der Waals surface area (Å²) in [6, 6.07) is 16.8. The first-order chi connectivity index (χ1) is 17.4. The lowest BCUT2D eigenvalue weighted by atomic mass is 10.0. The summed E-state index contributed by atoms with van der Waals surface area (Å²) >= 11 is 0. The molecular weight excluding hydrogens is 454 g/mol. The van der Waals surface area contributed by atoms with Crippen molar-refractivity contribution < 1.29 is 14.3 Å². The molecule has 0 spiro atoms. The summed E-state index contributed by atoms with van der Waals surface area (Å²) in [5.41, 5.74) is 12.5. The van der Waals surface area contributed by atoms with Crippen LogP contribution in [0.1, 0.15) is 46.1 Å². The van der Waals surface area contributed by atoms with Crippen LogP contribution >= 0.6 is 0 Å². The van der Waals surface area contributed by atoms with E-state index in [0.29, 0.717) is 48.7 Å². The highest BCUT2D eigenvalue weighted by Gasteiger charge is 2.23. The van der Waals surface area contributed by atoms with Gasteiger partial charge in [0.05, 0.1) is 24.1 Å². The molecule has 0 atom stereocenters. The lowest BCUT2D eigenvalue weighted by Gasteiger charge is -2.27. The van der Waals surface area contributed by atoms with E-state index >= 15 is 0 Å². The van der Waals surface area contributed by atoms with Crippen molar-refractivity contribution in [3.05, 3.63) is 94.3 Å². The summed E-state index contributed by atoms with van der Waals surface area (Å²) in [7, 11) is 0. The molecule has 0 bridgehead atoms. The predicted molar refractivity (Wildman–Crippen MR) is 139 cm³/mol. The Labute approximate surface area is 209 Å². The summed E-state index contributed by atoms with van der Waals surface area (Å²) in [6.45, 7) is 3.14. The van der Waals surface area contributed by atoms with Gasteiger partial charge in [-0.1, -0.05) is 48.0 Å². The van der Waals surface area contributed by atoms with Crippen LogP contribution in [0.4, 0.5) is 16.2 Å². The first kappa shape index (κ1) is 23.3. The van der Waals surface area contributed by atoms with E-state index in [1.165, 1.54) is 0 Å². The number of pyridine rings is 1. The van der Waals surface area contributed by atoms with Crippen molar-refractivity contribution in [3.8, 4) is 0 Å². The van der Waals surface area contributed by atoms with E-state index < -0.39 is 0 Å². The Morgan fingerprint density at radius 1 is 1.14 bits per heavy atom. The Hall–Kier alpha value is -4.46. The largest absolute Gasteiger partial charge is 0.445 e. The second kappa shape index (κ2) is 10.0. The number of aromatic nitrogens is 1. The van der Waals surface area contributed by atoms with Crippen LogP contribution in [0, 0.1) is 0 Å². The molecule has 0 saturated heterocycles. The molecule has 8 nitrogen and oxygen atoms in total. The van der Waals surface area contributed by atoms with Gasteiger partial charge in [-0.15, -0.1) is 0 Å². The Morgan fingerprint density at radius 3 is 2.81 bits per heavy atom. The van der Waals surface area contributed by atoms with Crippen LogP contribution in [0.2, 0.25) is 0 Å². The summed E-state index contributed by atoms with van der Waals surface area (Å²) in [5.74, 6) is 0.249. The Kier molecular flexibility index (Phi) is 6.49. The molecule has 1 aromatic heterocycles. The number of carbonyl (C=O) groups is 2. The lowest BCUT2D eigenvalue weighted by molar-refractivity contribution is 0.0915. The number of aliphatic imine (C=N–C) groups is 1. The molecular formula is C28H27N5O3. The van der Waals surface area contributed by atoms with E-state index in [9.17, 15) is 9.59 Å². The van der Waals surface area contributed by atoms with Gasteiger partial charge < -0.3 is 20.7 Å². The minimum atomic E-state index is -0.368. The number of anilines is 1. The summed E-state index contributed by atoms with van der Waals surface area (Å²) in [5, 5.41) is 2.91. The van der Waals surface area contributed by atoms with Gasteiger partial charge in [0.1, 0.15) is 12.4 Å². The Bertz CT molecular complexity index is 1380. The van der Waals surface area contributed by atoms with E-state index in [-0.39, 0.29) is 18.6 Å². The quantitative estimate of drug-likeness (QED) is 0.555. The average molecular weight is 482 g/mol. The lowest BCUT2D eigenvalue weighted by Crippen LogP contribution is -2.36. The first-order valence-corrected chi connectivity index (χ1v) is 11.8. The second-order valence-corrected chi connectivity index (χ2v) is 9.04. The molecule has 0 aliphatic carbocycles. The number of amidine groups is 1. The molecule has 3 heterocycles. The monoisotopic (exact) mass is 481 g/mol. The van der Waals surface area contributed by atoms with Crippen molar-refractivity contribution in [2.75, 3.05) is 11.9 Å². The van der Waals surface area contributed by atoms with E-state index in [2.05, 4.69) is 15.3 Å². The first-order valence-electron chi connectivity index (χ1n) is 11.8. The topological polar surface area (TPSA) is 110 Å². The zero-order chi connectivity index (χ0) is 25.1. The van der Waals surface area contributed by atoms with Gasteiger partial charge in [-0.2, -0.15) is 0 Å². The van der Waals surface area contributed by atoms with Crippen molar-refractivity contribution in [1.82, 2.24) is 9.88 Å². The van der Waals surface area contributed by atoms with E-state index in [1.54, 1.807) is 23.2 Å². The van der Waals surface area contributed by atoms with Gasteiger partial charge >= 0.3 is 6.09 Å². The molecule has 182 valence electrons. The number of fused-ring (bicyclic) bond motifs is 2. The fourth-order valence-corrected chi connectivity index (χ4v) is 4.36. The molecule has 2 aliphatic heterocycles. The second-order valence-electron chi connectivity index (χ2n) is 9.04. The maximum Gasteiger partial charge on any atom is 0.410 e. The fraction of sp³-hybridized carbons (Fsp3) is 0.214. The molecule has 5 rings (SSSR count). The average Bonchev–Trinajstić information content (AvgIpc) is 3.02. The van der Waals surface area contributed by atoms with Gasteiger partial charge in [-0.3, -0.25) is 9.78 Å².